The molecular weight excluding hydrogens is 228 g/mol. The van der Waals surface area contributed by atoms with Crippen molar-refractivity contribution in [3.63, 3.8) is 0 Å². The Kier molecular flexibility index (Phi) is 5.99. The number of hydrogen-bond donors (Lipinski definition) is 0. The van der Waals surface area contributed by atoms with E-state index in [1.54, 1.807) is 7.11 Å². The molecular formula is C15H24O3. The highest BCUT2D eigenvalue weighted by atomic mass is 16.7. The quantitative estimate of drug-likeness (QED) is 0.687. The summed E-state index contributed by atoms with van der Waals surface area (Å²) < 4.78 is 16.4. The number of methoxy groups -OCH3 is 1. The molecule has 1 aromatic carbocycles. The first-order valence-corrected chi connectivity index (χ1v) is 6.58. The first-order chi connectivity index (χ1) is 8.62. The van der Waals surface area contributed by atoms with Crippen LogP contribution >= 0.6 is 0 Å². The standard InChI is InChI=1S/C15H24O3/c1-6-11(3)13-8-9-14(15(10-13)16-5)18-12(4)17-7-2/h8-12H,6-7H2,1-5H3. The highest BCUT2D eigenvalue weighted by molar-refractivity contribution is 5.43. The third kappa shape index (κ3) is 3.91. The highest BCUT2D eigenvalue weighted by Crippen LogP contribution is 2.32. The SMILES string of the molecule is CCOC(C)Oc1ccc(C(C)CC)cc1OC. The Balaban J connectivity index is 2.86. The average molecular weight is 252 g/mol. The number of ether oxygens (including phenoxy) is 3. The normalized spacial score (nSPS) is 14.1. The summed E-state index contributed by atoms with van der Waals surface area (Å²) in [6, 6.07) is 6.09. The maximum atomic E-state index is 5.70. The lowest BCUT2D eigenvalue weighted by Gasteiger charge is -2.18. The summed E-state index contributed by atoms with van der Waals surface area (Å²) in [7, 11) is 1.66. The van der Waals surface area contributed by atoms with Gasteiger partial charge in [0.15, 0.2) is 17.8 Å². The van der Waals surface area contributed by atoms with Crippen molar-refractivity contribution >= 4 is 0 Å². The van der Waals surface area contributed by atoms with Crippen LogP contribution in [0.25, 0.3) is 0 Å². The summed E-state index contributed by atoms with van der Waals surface area (Å²) in [6.07, 6.45) is 0.844. The molecule has 1 rings (SSSR count). The van der Waals surface area contributed by atoms with E-state index in [-0.39, 0.29) is 6.29 Å². The number of hydrogen-bond acceptors (Lipinski definition) is 3. The molecule has 0 heterocycles. The van der Waals surface area contributed by atoms with E-state index in [2.05, 4.69) is 19.9 Å². The molecule has 3 nitrogen and oxygen atoms in total. The predicted molar refractivity (Wildman–Crippen MR) is 73.4 cm³/mol. The second kappa shape index (κ2) is 7.27. The van der Waals surface area contributed by atoms with Gasteiger partial charge in [0.2, 0.25) is 0 Å². The fourth-order valence-electron chi connectivity index (χ4n) is 1.77. The van der Waals surface area contributed by atoms with E-state index in [1.165, 1.54) is 5.56 Å². The minimum Gasteiger partial charge on any atom is -0.493 e. The predicted octanol–water partition coefficient (Wildman–Crippen LogP) is 3.97. The minimum absolute atomic E-state index is 0.265. The lowest BCUT2D eigenvalue weighted by molar-refractivity contribution is -0.0623. The van der Waals surface area contributed by atoms with Crippen molar-refractivity contribution in [1.29, 1.82) is 0 Å². The van der Waals surface area contributed by atoms with Gasteiger partial charge in [0.05, 0.1) is 7.11 Å². The molecule has 0 aliphatic heterocycles. The number of benzene rings is 1. The van der Waals surface area contributed by atoms with Gasteiger partial charge >= 0.3 is 0 Å². The molecule has 0 saturated carbocycles. The first-order valence-electron chi connectivity index (χ1n) is 6.58. The maximum absolute atomic E-state index is 5.70. The van der Waals surface area contributed by atoms with Crippen molar-refractivity contribution in [2.75, 3.05) is 13.7 Å². The van der Waals surface area contributed by atoms with Gasteiger partial charge in [0.1, 0.15) is 0 Å². The summed E-state index contributed by atoms with van der Waals surface area (Å²) in [6.45, 7) is 8.85. The van der Waals surface area contributed by atoms with Crippen LogP contribution in [0.15, 0.2) is 18.2 Å². The lowest BCUT2D eigenvalue weighted by atomic mass is 9.98. The van der Waals surface area contributed by atoms with Gasteiger partial charge < -0.3 is 14.2 Å². The van der Waals surface area contributed by atoms with Gasteiger partial charge in [0, 0.05) is 6.61 Å². The van der Waals surface area contributed by atoms with Gasteiger partial charge in [-0.1, -0.05) is 19.9 Å². The Morgan fingerprint density at radius 2 is 1.83 bits per heavy atom. The van der Waals surface area contributed by atoms with Crippen molar-refractivity contribution in [3.8, 4) is 11.5 Å². The van der Waals surface area contributed by atoms with Gasteiger partial charge in [-0.2, -0.15) is 0 Å². The molecule has 3 heteroatoms. The molecule has 0 aliphatic rings. The molecule has 0 amide bonds. The van der Waals surface area contributed by atoms with E-state index in [0.717, 1.165) is 17.9 Å². The summed E-state index contributed by atoms with van der Waals surface area (Å²) in [5.41, 5.74) is 1.27. The lowest BCUT2D eigenvalue weighted by Crippen LogP contribution is -2.16. The van der Waals surface area contributed by atoms with Crippen LogP contribution < -0.4 is 9.47 Å². The third-order valence-corrected chi connectivity index (χ3v) is 3.06. The van der Waals surface area contributed by atoms with E-state index in [9.17, 15) is 0 Å². The van der Waals surface area contributed by atoms with Crippen molar-refractivity contribution in [2.24, 2.45) is 0 Å². The van der Waals surface area contributed by atoms with Gasteiger partial charge in [-0.15, -0.1) is 0 Å². The van der Waals surface area contributed by atoms with E-state index >= 15 is 0 Å². The molecule has 0 aromatic heterocycles. The molecule has 2 unspecified atom stereocenters. The minimum atomic E-state index is -0.265. The zero-order chi connectivity index (χ0) is 13.5. The van der Waals surface area contributed by atoms with Gasteiger partial charge in [0.25, 0.3) is 0 Å². The summed E-state index contributed by atoms with van der Waals surface area (Å²) in [4.78, 5) is 0. The summed E-state index contributed by atoms with van der Waals surface area (Å²) in [5, 5.41) is 0. The van der Waals surface area contributed by atoms with Crippen LogP contribution in [-0.4, -0.2) is 20.0 Å². The molecule has 0 bridgehead atoms. The maximum Gasteiger partial charge on any atom is 0.197 e. The van der Waals surface area contributed by atoms with E-state index in [4.69, 9.17) is 14.2 Å². The van der Waals surface area contributed by atoms with Crippen molar-refractivity contribution in [3.05, 3.63) is 23.8 Å². The van der Waals surface area contributed by atoms with Crippen LogP contribution in [0.2, 0.25) is 0 Å². The molecule has 0 radical (unpaired) electrons. The van der Waals surface area contributed by atoms with Crippen molar-refractivity contribution in [2.45, 2.75) is 46.3 Å². The molecule has 2 atom stereocenters. The van der Waals surface area contributed by atoms with E-state index < -0.39 is 0 Å². The monoisotopic (exact) mass is 252 g/mol. The second-order valence-corrected chi connectivity index (χ2v) is 4.36. The van der Waals surface area contributed by atoms with Crippen molar-refractivity contribution in [1.82, 2.24) is 0 Å². The van der Waals surface area contributed by atoms with Crippen LogP contribution in [0.5, 0.6) is 11.5 Å². The Labute approximate surface area is 110 Å². The van der Waals surface area contributed by atoms with Crippen LogP contribution in [0, 0.1) is 0 Å². The average Bonchev–Trinajstić information content (AvgIpc) is 2.38. The zero-order valence-corrected chi connectivity index (χ0v) is 12.0. The topological polar surface area (TPSA) is 27.7 Å². The Morgan fingerprint density at radius 3 is 2.39 bits per heavy atom. The molecule has 0 N–H and O–H groups in total. The van der Waals surface area contributed by atoms with Gasteiger partial charge in [-0.3, -0.25) is 0 Å². The fourth-order valence-corrected chi connectivity index (χ4v) is 1.77. The molecule has 0 fully saturated rings. The molecule has 102 valence electrons. The van der Waals surface area contributed by atoms with Crippen LogP contribution in [0.1, 0.15) is 45.6 Å². The molecule has 0 aliphatic carbocycles. The van der Waals surface area contributed by atoms with Gasteiger partial charge in [-0.05, 0) is 43.9 Å². The Hall–Kier alpha value is -1.22. The highest BCUT2D eigenvalue weighted by Gasteiger charge is 2.12. The third-order valence-electron chi connectivity index (χ3n) is 3.06. The van der Waals surface area contributed by atoms with E-state index in [1.807, 2.05) is 26.0 Å². The fraction of sp³-hybridized carbons (Fsp3) is 0.600. The van der Waals surface area contributed by atoms with E-state index in [0.29, 0.717) is 12.5 Å². The summed E-state index contributed by atoms with van der Waals surface area (Å²) >= 11 is 0. The smallest absolute Gasteiger partial charge is 0.197 e. The Morgan fingerprint density at radius 1 is 1.11 bits per heavy atom. The Bertz CT molecular complexity index is 363. The largest absolute Gasteiger partial charge is 0.493 e. The molecule has 18 heavy (non-hydrogen) atoms. The first kappa shape index (κ1) is 14.8. The van der Waals surface area contributed by atoms with Crippen molar-refractivity contribution < 1.29 is 14.2 Å². The number of rotatable bonds is 7. The zero-order valence-electron chi connectivity index (χ0n) is 12.0. The second-order valence-electron chi connectivity index (χ2n) is 4.36. The van der Waals surface area contributed by atoms with Crippen LogP contribution in [0.3, 0.4) is 0 Å². The van der Waals surface area contributed by atoms with Crippen LogP contribution in [-0.2, 0) is 4.74 Å². The van der Waals surface area contributed by atoms with Crippen LogP contribution in [0.4, 0.5) is 0 Å². The van der Waals surface area contributed by atoms with Gasteiger partial charge in [-0.25, -0.2) is 0 Å². The molecule has 0 saturated heterocycles. The molecule has 0 spiro atoms. The molecule has 1 aromatic rings. The summed E-state index contributed by atoms with van der Waals surface area (Å²) in [5.74, 6) is 2.02.